The molecule has 0 aromatic rings. The Hall–Kier alpha value is 0.150. The molecule has 0 bridgehead atoms. The minimum Gasteiger partial charge on any atom is -0.507 e. The Bertz CT molecular complexity index is 205. The molecule has 0 aromatic carbocycles. The van der Waals surface area contributed by atoms with Crippen LogP contribution >= 0.6 is 34.8 Å². The molecule has 1 aliphatic carbocycles. The van der Waals surface area contributed by atoms with Crippen molar-refractivity contribution in [2.45, 2.75) is 10.8 Å². The normalized spacial score (nSPS) is 23.5. The molecule has 0 saturated carbocycles. The molecule has 0 radical (unpaired) electrons. The fourth-order valence-electron chi connectivity index (χ4n) is 0.649. The summed E-state index contributed by atoms with van der Waals surface area (Å²) in [5, 5.41) is 9.16. The molecule has 1 N–H and O–H groups in total. The maximum atomic E-state index is 8.95. The monoisotopic (exact) mass is 198 g/mol. The topological polar surface area (TPSA) is 20.2 Å². The Kier molecular flexibility index (Phi) is 2.18. The fourth-order valence-corrected chi connectivity index (χ4v) is 1.40. The summed E-state index contributed by atoms with van der Waals surface area (Å²) in [5.74, 6) is 0.0404. The van der Waals surface area contributed by atoms with E-state index in [0.29, 0.717) is 6.42 Å². The largest absolute Gasteiger partial charge is 0.507 e. The van der Waals surface area contributed by atoms with Crippen molar-refractivity contribution < 1.29 is 5.11 Å². The van der Waals surface area contributed by atoms with E-state index in [1.807, 2.05) is 0 Å². The molecule has 1 nitrogen and oxygen atoms in total. The number of halogens is 3. The summed E-state index contributed by atoms with van der Waals surface area (Å²) >= 11 is 16.9. The standard InChI is InChI=1S/C6H5Cl3O/c7-4-3-6(8,9)2-1-5(4)10/h1,3,10H,2H2. The van der Waals surface area contributed by atoms with Crippen molar-refractivity contribution in [1.82, 2.24) is 0 Å². The van der Waals surface area contributed by atoms with Crippen molar-refractivity contribution in [3.63, 3.8) is 0 Å². The van der Waals surface area contributed by atoms with Gasteiger partial charge >= 0.3 is 0 Å². The third-order valence-electron chi connectivity index (χ3n) is 1.15. The van der Waals surface area contributed by atoms with Crippen LogP contribution in [0.15, 0.2) is 22.9 Å². The molecule has 0 spiro atoms. The Morgan fingerprint density at radius 2 is 2.10 bits per heavy atom. The first-order chi connectivity index (χ1) is 4.51. The van der Waals surface area contributed by atoms with E-state index in [1.165, 1.54) is 12.2 Å². The van der Waals surface area contributed by atoms with Crippen molar-refractivity contribution in [3.05, 3.63) is 22.9 Å². The van der Waals surface area contributed by atoms with E-state index in [4.69, 9.17) is 39.9 Å². The Balaban J connectivity index is 2.87. The number of hydrogen-bond acceptors (Lipinski definition) is 1. The number of allylic oxidation sites excluding steroid dienone is 3. The zero-order valence-electron chi connectivity index (χ0n) is 4.94. The predicted molar refractivity (Wildman–Crippen MR) is 43.7 cm³/mol. The second-order valence-corrected chi connectivity index (χ2v) is 4.00. The molecule has 0 saturated heterocycles. The number of aliphatic hydroxyl groups excluding tert-OH is 1. The summed E-state index contributed by atoms with van der Waals surface area (Å²) in [6.07, 6.45) is 3.29. The van der Waals surface area contributed by atoms with E-state index in [0.717, 1.165) is 0 Å². The molecule has 56 valence electrons. The van der Waals surface area contributed by atoms with Crippen LogP contribution in [0.2, 0.25) is 0 Å². The SMILES string of the molecule is OC1=CCC(Cl)(Cl)C=C1Cl. The van der Waals surface area contributed by atoms with E-state index < -0.39 is 4.33 Å². The van der Waals surface area contributed by atoms with Crippen LogP contribution in [0.1, 0.15) is 6.42 Å². The van der Waals surface area contributed by atoms with Crippen molar-refractivity contribution in [1.29, 1.82) is 0 Å². The van der Waals surface area contributed by atoms with E-state index >= 15 is 0 Å². The molecule has 0 unspecified atom stereocenters. The Morgan fingerprint density at radius 1 is 1.50 bits per heavy atom. The molecule has 1 aliphatic rings. The minimum atomic E-state index is -0.955. The van der Waals surface area contributed by atoms with Crippen LogP contribution < -0.4 is 0 Å². The van der Waals surface area contributed by atoms with Gasteiger partial charge in [-0.2, -0.15) is 0 Å². The van der Waals surface area contributed by atoms with Gasteiger partial charge in [-0.1, -0.05) is 34.8 Å². The average molecular weight is 199 g/mol. The van der Waals surface area contributed by atoms with Crippen LogP contribution in [-0.4, -0.2) is 9.44 Å². The van der Waals surface area contributed by atoms with Crippen LogP contribution in [0.5, 0.6) is 0 Å². The lowest BCUT2D eigenvalue weighted by atomic mass is 10.1. The molecule has 10 heavy (non-hydrogen) atoms. The molecule has 0 aliphatic heterocycles. The third-order valence-corrected chi connectivity index (χ3v) is 1.98. The smallest absolute Gasteiger partial charge is 0.141 e. The lowest BCUT2D eigenvalue weighted by molar-refractivity contribution is 0.423. The van der Waals surface area contributed by atoms with Gasteiger partial charge in [0.05, 0.1) is 5.03 Å². The summed E-state index contributed by atoms with van der Waals surface area (Å²) in [7, 11) is 0. The fraction of sp³-hybridized carbons (Fsp3) is 0.333. The van der Waals surface area contributed by atoms with Crippen molar-refractivity contribution in [3.8, 4) is 0 Å². The summed E-state index contributed by atoms with van der Waals surface area (Å²) in [6.45, 7) is 0. The number of aliphatic hydroxyl groups is 1. The highest BCUT2D eigenvalue weighted by Gasteiger charge is 2.24. The van der Waals surface area contributed by atoms with Crippen molar-refractivity contribution in [2.24, 2.45) is 0 Å². The lowest BCUT2D eigenvalue weighted by Gasteiger charge is -2.17. The Labute approximate surface area is 73.9 Å². The molecule has 4 heteroatoms. The van der Waals surface area contributed by atoms with Crippen LogP contribution in [0.25, 0.3) is 0 Å². The summed E-state index contributed by atoms with van der Waals surface area (Å²) in [6, 6.07) is 0. The van der Waals surface area contributed by atoms with Crippen molar-refractivity contribution >= 4 is 34.8 Å². The molecule has 1 rings (SSSR count). The number of rotatable bonds is 0. The maximum Gasteiger partial charge on any atom is 0.141 e. The molecule has 0 fully saturated rings. The quantitative estimate of drug-likeness (QED) is 0.594. The highest BCUT2D eigenvalue weighted by molar-refractivity contribution is 6.50. The highest BCUT2D eigenvalue weighted by atomic mass is 35.5. The van der Waals surface area contributed by atoms with Gasteiger partial charge in [0, 0.05) is 6.42 Å². The summed E-state index contributed by atoms with van der Waals surface area (Å²) < 4.78 is -0.955. The Morgan fingerprint density at radius 3 is 2.50 bits per heavy atom. The zero-order valence-corrected chi connectivity index (χ0v) is 7.21. The van der Waals surface area contributed by atoms with E-state index in [9.17, 15) is 0 Å². The summed E-state index contributed by atoms with van der Waals surface area (Å²) in [5.41, 5.74) is 0. The van der Waals surface area contributed by atoms with Gasteiger partial charge in [0.2, 0.25) is 0 Å². The summed E-state index contributed by atoms with van der Waals surface area (Å²) in [4.78, 5) is 0. The van der Waals surface area contributed by atoms with Crippen LogP contribution in [0.3, 0.4) is 0 Å². The molecule has 0 aromatic heterocycles. The van der Waals surface area contributed by atoms with Crippen LogP contribution in [-0.2, 0) is 0 Å². The van der Waals surface area contributed by atoms with Gasteiger partial charge in [-0.15, -0.1) is 0 Å². The second-order valence-electron chi connectivity index (χ2n) is 2.05. The minimum absolute atomic E-state index is 0.0404. The second kappa shape index (κ2) is 2.65. The first-order valence-corrected chi connectivity index (χ1v) is 3.80. The van der Waals surface area contributed by atoms with Crippen LogP contribution in [0.4, 0.5) is 0 Å². The number of alkyl halides is 2. The van der Waals surface area contributed by atoms with Gasteiger partial charge in [-0.05, 0) is 12.2 Å². The highest BCUT2D eigenvalue weighted by Crippen LogP contribution is 2.35. The maximum absolute atomic E-state index is 8.95. The first-order valence-electron chi connectivity index (χ1n) is 2.67. The molecule has 0 amide bonds. The van der Waals surface area contributed by atoms with Gasteiger partial charge in [0.25, 0.3) is 0 Å². The van der Waals surface area contributed by atoms with E-state index in [1.54, 1.807) is 0 Å². The first kappa shape index (κ1) is 8.25. The van der Waals surface area contributed by atoms with Gasteiger partial charge < -0.3 is 5.11 Å². The molecule has 0 atom stereocenters. The van der Waals surface area contributed by atoms with Gasteiger partial charge in [-0.3, -0.25) is 0 Å². The lowest BCUT2D eigenvalue weighted by Crippen LogP contribution is -2.11. The molecular formula is C6H5Cl3O. The van der Waals surface area contributed by atoms with E-state index in [2.05, 4.69) is 0 Å². The molecular weight excluding hydrogens is 194 g/mol. The molecule has 0 heterocycles. The van der Waals surface area contributed by atoms with E-state index in [-0.39, 0.29) is 10.8 Å². The van der Waals surface area contributed by atoms with Crippen molar-refractivity contribution in [2.75, 3.05) is 0 Å². The zero-order chi connectivity index (χ0) is 7.78. The third kappa shape index (κ3) is 1.82. The number of hydrogen-bond donors (Lipinski definition) is 1. The predicted octanol–water partition coefficient (Wildman–Crippen LogP) is 3.13. The average Bonchev–Trinajstić information content (AvgIpc) is 1.79. The van der Waals surface area contributed by atoms with Gasteiger partial charge in [0.1, 0.15) is 10.1 Å². The van der Waals surface area contributed by atoms with Crippen LogP contribution in [0, 0.1) is 0 Å². The van der Waals surface area contributed by atoms with Gasteiger partial charge in [0.15, 0.2) is 0 Å². The van der Waals surface area contributed by atoms with Gasteiger partial charge in [-0.25, -0.2) is 0 Å².